The van der Waals surface area contributed by atoms with Crippen LogP contribution >= 0.6 is 15.9 Å². The maximum atomic E-state index is 11.9. The SMILES string of the molecule is Cc1cccc2c1[nH]c(=O)n2-c1ccc(Br)o1. The molecule has 0 saturated heterocycles. The first kappa shape index (κ1) is 10.4. The Morgan fingerprint density at radius 3 is 2.82 bits per heavy atom. The van der Waals surface area contributed by atoms with E-state index in [0.717, 1.165) is 16.6 Å². The third-order valence-electron chi connectivity index (χ3n) is 2.71. The fraction of sp³-hybridized carbons (Fsp3) is 0.0833. The zero-order chi connectivity index (χ0) is 12.0. The van der Waals surface area contributed by atoms with Crippen LogP contribution in [0.4, 0.5) is 0 Å². The van der Waals surface area contributed by atoms with E-state index in [4.69, 9.17) is 4.42 Å². The first-order chi connectivity index (χ1) is 8.16. The standard InChI is InChI=1S/C12H9BrN2O2/c1-7-3-2-4-8-11(7)14-12(16)15(8)10-6-5-9(13)17-10/h2-6H,1H3,(H,14,16). The topological polar surface area (TPSA) is 50.9 Å². The average molecular weight is 293 g/mol. The van der Waals surface area contributed by atoms with Gasteiger partial charge in [0.25, 0.3) is 0 Å². The molecule has 2 aromatic heterocycles. The third kappa shape index (κ3) is 1.54. The molecule has 0 amide bonds. The molecular weight excluding hydrogens is 284 g/mol. The van der Waals surface area contributed by atoms with Gasteiger partial charge in [0.05, 0.1) is 11.0 Å². The average Bonchev–Trinajstić information content (AvgIpc) is 2.82. The van der Waals surface area contributed by atoms with Crippen molar-refractivity contribution in [2.24, 2.45) is 0 Å². The number of para-hydroxylation sites is 1. The molecule has 0 radical (unpaired) electrons. The summed E-state index contributed by atoms with van der Waals surface area (Å²) in [4.78, 5) is 14.8. The highest BCUT2D eigenvalue weighted by Gasteiger charge is 2.12. The molecule has 0 saturated carbocycles. The van der Waals surface area contributed by atoms with Crippen molar-refractivity contribution in [2.75, 3.05) is 0 Å². The van der Waals surface area contributed by atoms with Crippen molar-refractivity contribution < 1.29 is 4.42 Å². The summed E-state index contributed by atoms with van der Waals surface area (Å²) in [5.74, 6) is 0.499. The first-order valence-corrected chi connectivity index (χ1v) is 5.92. The summed E-state index contributed by atoms with van der Waals surface area (Å²) >= 11 is 3.23. The lowest BCUT2D eigenvalue weighted by atomic mass is 10.2. The summed E-state index contributed by atoms with van der Waals surface area (Å²) in [6.45, 7) is 1.96. The Morgan fingerprint density at radius 2 is 2.12 bits per heavy atom. The zero-order valence-electron chi connectivity index (χ0n) is 9.03. The van der Waals surface area contributed by atoms with Crippen molar-refractivity contribution >= 4 is 27.0 Å². The minimum Gasteiger partial charge on any atom is -0.433 e. The molecule has 0 aliphatic heterocycles. The minimum absolute atomic E-state index is 0.198. The van der Waals surface area contributed by atoms with E-state index in [0.29, 0.717) is 10.6 Å². The van der Waals surface area contributed by atoms with Gasteiger partial charge in [-0.15, -0.1) is 0 Å². The number of imidazole rings is 1. The molecule has 0 spiro atoms. The Balaban J connectivity index is 2.40. The lowest BCUT2D eigenvalue weighted by Crippen LogP contribution is -2.13. The van der Waals surface area contributed by atoms with Crippen molar-refractivity contribution in [2.45, 2.75) is 6.92 Å². The van der Waals surface area contributed by atoms with Crippen molar-refractivity contribution in [3.05, 3.63) is 51.0 Å². The summed E-state index contributed by atoms with van der Waals surface area (Å²) in [6.07, 6.45) is 0. The highest BCUT2D eigenvalue weighted by Crippen LogP contribution is 2.21. The quantitative estimate of drug-likeness (QED) is 0.750. The van der Waals surface area contributed by atoms with Crippen molar-refractivity contribution in [1.82, 2.24) is 9.55 Å². The van der Waals surface area contributed by atoms with E-state index in [1.54, 1.807) is 12.1 Å². The van der Waals surface area contributed by atoms with Crippen LogP contribution in [0.3, 0.4) is 0 Å². The van der Waals surface area contributed by atoms with Gasteiger partial charge in [-0.1, -0.05) is 12.1 Å². The van der Waals surface area contributed by atoms with Gasteiger partial charge in [-0.05, 0) is 40.5 Å². The van der Waals surface area contributed by atoms with Crippen LogP contribution < -0.4 is 5.69 Å². The molecule has 1 N–H and O–H groups in total. The van der Waals surface area contributed by atoms with Crippen LogP contribution in [0.2, 0.25) is 0 Å². The molecular formula is C12H9BrN2O2. The van der Waals surface area contributed by atoms with Crippen molar-refractivity contribution in [3.63, 3.8) is 0 Å². The number of hydrogen-bond acceptors (Lipinski definition) is 2. The number of hydrogen-bond donors (Lipinski definition) is 1. The number of aromatic nitrogens is 2. The van der Waals surface area contributed by atoms with E-state index < -0.39 is 0 Å². The molecule has 3 aromatic rings. The van der Waals surface area contributed by atoms with Gasteiger partial charge in [-0.3, -0.25) is 0 Å². The van der Waals surface area contributed by atoms with E-state index in [9.17, 15) is 4.79 Å². The smallest absolute Gasteiger partial charge is 0.333 e. The Kier molecular flexibility index (Phi) is 2.22. The first-order valence-electron chi connectivity index (χ1n) is 5.13. The molecule has 17 heavy (non-hydrogen) atoms. The maximum Gasteiger partial charge on any atom is 0.333 e. The molecule has 0 bridgehead atoms. The van der Waals surface area contributed by atoms with Gasteiger partial charge in [0.2, 0.25) is 5.88 Å². The number of aromatic amines is 1. The van der Waals surface area contributed by atoms with Gasteiger partial charge in [0.15, 0.2) is 4.67 Å². The summed E-state index contributed by atoms with van der Waals surface area (Å²) in [5, 5.41) is 0. The van der Waals surface area contributed by atoms with Crippen LogP contribution in [0, 0.1) is 6.92 Å². The van der Waals surface area contributed by atoms with Crippen LogP contribution in [-0.4, -0.2) is 9.55 Å². The second-order valence-corrected chi connectivity index (χ2v) is 4.59. The monoisotopic (exact) mass is 292 g/mol. The number of fused-ring (bicyclic) bond motifs is 1. The van der Waals surface area contributed by atoms with Gasteiger partial charge >= 0.3 is 5.69 Å². The van der Waals surface area contributed by atoms with Crippen LogP contribution in [-0.2, 0) is 0 Å². The molecule has 0 aliphatic rings. The van der Waals surface area contributed by atoms with Gasteiger partial charge in [0, 0.05) is 6.07 Å². The number of nitrogens with zero attached hydrogens (tertiary/aromatic N) is 1. The molecule has 0 atom stereocenters. The highest BCUT2D eigenvalue weighted by molar-refractivity contribution is 9.10. The second kappa shape index (κ2) is 3.63. The highest BCUT2D eigenvalue weighted by atomic mass is 79.9. The van der Waals surface area contributed by atoms with Gasteiger partial charge in [0.1, 0.15) is 0 Å². The normalized spacial score (nSPS) is 11.2. The predicted molar refractivity (Wildman–Crippen MR) is 68.6 cm³/mol. The summed E-state index contributed by atoms with van der Waals surface area (Å²) in [5.41, 5.74) is 2.49. The van der Waals surface area contributed by atoms with Crippen molar-refractivity contribution in [3.8, 4) is 5.88 Å². The Bertz CT molecular complexity index is 751. The van der Waals surface area contributed by atoms with E-state index in [1.165, 1.54) is 4.57 Å². The van der Waals surface area contributed by atoms with Crippen LogP contribution in [0.5, 0.6) is 0 Å². The molecule has 4 nitrogen and oxygen atoms in total. The minimum atomic E-state index is -0.198. The van der Waals surface area contributed by atoms with Crippen LogP contribution in [0.1, 0.15) is 5.56 Å². The maximum absolute atomic E-state index is 11.9. The number of benzene rings is 1. The van der Waals surface area contributed by atoms with E-state index in [2.05, 4.69) is 20.9 Å². The number of aryl methyl sites for hydroxylation is 1. The molecule has 0 unspecified atom stereocenters. The number of nitrogens with one attached hydrogen (secondary N) is 1. The fourth-order valence-electron chi connectivity index (χ4n) is 1.92. The summed E-state index contributed by atoms with van der Waals surface area (Å²) in [7, 11) is 0. The number of furan rings is 1. The number of rotatable bonds is 1. The van der Waals surface area contributed by atoms with Crippen molar-refractivity contribution in [1.29, 1.82) is 0 Å². The predicted octanol–water partition coefficient (Wildman–Crippen LogP) is 2.98. The fourth-order valence-corrected chi connectivity index (χ4v) is 2.22. The van der Waals surface area contributed by atoms with E-state index >= 15 is 0 Å². The molecule has 5 heteroatoms. The Labute approximate surface area is 105 Å². The summed E-state index contributed by atoms with van der Waals surface area (Å²) < 4.78 is 7.54. The summed E-state index contributed by atoms with van der Waals surface area (Å²) in [6, 6.07) is 9.27. The number of halogens is 1. The molecule has 0 fully saturated rings. The number of H-pyrrole nitrogens is 1. The molecule has 86 valence electrons. The Hall–Kier alpha value is -1.75. The van der Waals surface area contributed by atoms with E-state index in [1.807, 2.05) is 25.1 Å². The molecule has 1 aromatic carbocycles. The second-order valence-electron chi connectivity index (χ2n) is 3.81. The molecule has 2 heterocycles. The van der Waals surface area contributed by atoms with Crippen LogP contribution in [0.15, 0.2) is 44.2 Å². The largest absolute Gasteiger partial charge is 0.433 e. The Morgan fingerprint density at radius 1 is 1.29 bits per heavy atom. The van der Waals surface area contributed by atoms with E-state index in [-0.39, 0.29) is 5.69 Å². The lowest BCUT2D eigenvalue weighted by Gasteiger charge is -1.99. The molecule has 3 rings (SSSR count). The van der Waals surface area contributed by atoms with Gasteiger partial charge < -0.3 is 9.40 Å². The lowest BCUT2D eigenvalue weighted by molar-refractivity contribution is 0.515. The molecule has 0 aliphatic carbocycles. The zero-order valence-corrected chi connectivity index (χ0v) is 10.6. The van der Waals surface area contributed by atoms with Crippen LogP contribution in [0.25, 0.3) is 16.9 Å². The van der Waals surface area contributed by atoms with Gasteiger partial charge in [-0.25, -0.2) is 9.36 Å². The third-order valence-corrected chi connectivity index (χ3v) is 3.13. The van der Waals surface area contributed by atoms with Gasteiger partial charge in [-0.2, -0.15) is 0 Å².